The van der Waals surface area contributed by atoms with Crippen molar-refractivity contribution >= 4 is 5.96 Å². The second-order valence-electron chi connectivity index (χ2n) is 6.36. The van der Waals surface area contributed by atoms with E-state index in [2.05, 4.69) is 59.3 Å². The smallest absolute Gasteiger partial charge is 0.191 e. The van der Waals surface area contributed by atoms with Gasteiger partial charge in [0, 0.05) is 37.3 Å². The fourth-order valence-corrected chi connectivity index (χ4v) is 2.95. The summed E-state index contributed by atoms with van der Waals surface area (Å²) in [6, 6.07) is 2.11. The predicted molar refractivity (Wildman–Crippen MR) is 104 cm³/mol. The molecule has 0 atom stereocenters. The molecule has 0 saturated heterocycles. The lowest BCUT2D eigenvalue weighted by Crippen LogP contribution is -2.38. The molecule has 0 aliphatic heterocycles. The maximum absolute atomic E-state index is 5.42. The molecule has 7 nitrogen and oxygen atoms in total. The molecule has 144 valence electrons. The van der Waals surface area contributed by atoms with Crippen LogP contribution in [0.4, 0.5) is 0 Å². The van der Waals surface area contributed by atoms with Crippen LogP contribution in [0.1, 0.15) is 55.6 Å². The normalized spacial score (nSPS) is 11.8. The van der Waals surface area contributed by atoms with Crippen LogP contribution < -0.4 is 10.6 Å². The predicted octanol–water partition coefficient (Wildman–Crippen LogP) is 2.76. The van der Waals surface area contributed by atoms with Crippen LogP contribution in [0.15, 0.2) is 15.6 Å². The van der Waals surface area contributed by atoms with E-state index in [9.17, 15) is 0 Å². The summed E-state index contributed by atoms with van der Waals surface area (Å²) < 4.78 is 7.47. The number of nitrogens with zero attached hydrogens (tertiary/aromatic N) is 4. The molecule has 26 heavy (non-hydrogen) atoms. The second kappa shape index (κ2) is 9.99. The van der Waals surface area contributed by atoms with Crippen molar-refractivity contribution < 1.29 is 4.52 Å². The van der Waals surface area contributed by atoms with E-state index in [-0.39, 0.29) is 0 Å². The zero-order valence-corrected chi connectivity index (χ0v) is 16.7. The van der Waals surface area contributed by atoms with Crippen LogP contribution in [0, 0.1) is 13.8 Å². The Morgan fingerprint density at radius 2 is 2.00 bits per heavy atom. The highest BCUT2D eigenvalue weighted by molar-refractivity contribution is 5.79. The highest BCUT2D eigenvalue weighted by atomic mass is 16.5. The van der Waals surface area contributed by atoms with Crippen molar-refractivity contribution in [2.75, 3.05) is 13.1 Å². The molecule has 2 heterocycles. The molecule has 0 aromatic carbocycles. The average molecular weight is 361 g/mol. The number of nitrogens with one attached hydrogen (secondary N) is 2. The van der Waals surface area contributed by atoms with Crippen LogP contribution in [-0.4, -0.2) is 34.0 Å². The van der Waals surface area contributed by atoms with Crippen LogP contribution in [-0.2, 0) is 25.9 Å². The number of aliphatic imine (C=N–C) groups is 1. The first kappa shape index (κ1) is 20.0. The van der Waals surface area contributed by atoms with Gasteiger partial charge in [-0.2, -0.15) is 5.10 Å². The van der Waals surface area contributed by atoms with Gasteiger partial charge < -0.3 is 15.2 Å². The molecule has 0 unspecified atom stereocenters. The van der Waals surface area contributed by atoms with Crippen molar-refractivity contribution in [1.29, 1.82) is 0 Å². The number of rotatable bonds is 9. The van der Waals surface area contributed by atoms with Gasteiger partial charge in [-0.1, -0.05) is 19.0 Å². The fourth-order valence-electron chi connectivity index (χ4n) is 2.95. The zero-order valence-electron chi connectivity index (χ0n) is 16.7. The minimum atomic E-state index is 0.586. The van der Waals surface area contributed by atoms with Gasteiger partial charge in [0.05, 0.1) is 17.9 Å². The molecular weight excluding hydrogens is 328 g/mol. The Kier molecular flexibility index (Phi) is 7.69. The van der Waals surface area contributed by atoms with Gasteiger partial charge in [0.25, 0.3) is 0 Å². The third-order valence-electron chi connectivity index (χ3n) is 4.29. The van der Waals surface area contributed by atoms with E-state index in [1.54, 1.807) is 0 Å². The van der Waals surface area contributed by atoms with Crippen LogP contribution in [0.25, 0.3) is 0 Å². The largest absolute Gasteiger partial charge is 0.361 e. The monoisotopic (exact) mass is 360 g/mol. The van der Waals surface area contributed by atoms with E-state index in [1.807, 2.05) is 6.92 Å². The van der Waals surface area contributed by atoms with Gasteiger partial charge in [0.1, 0.15) is 5.76 Å². The number of aromatic nitrogens is 3. The lowest BCUT2D eigenvalue weighted by molar-refractivity contribution is 0.380. The van der Waals surface area contributed by atoms with E-state index in [1.165, 1.54) is 5.69 Å². The van der Waals surface area contributed by atoms with E-state index >= 15 is 0 Å². The van der Waals surface area contributed by atoms with Gasteiger partial charge in [0.2, 0.25) is 0 Å². The number of aryl methyl sites for hydroxylation is 5. The maximum Gasteiger partial charge on any atom is 0.191 e. The lowest BCUT2D eigenvalue weighted by atomic mass is 10.1. The molecular formula is C19H32N6O. The van der Waals surface area contributed by atoms with E-state index in [4.69, 9.17) is 9.52 Å². The Balaban J connectivity index is 1.90. The molecule has 7 heteroatoms. The standard InChI is InChI=1S/C19H32N6O/c1-6-17-16(18(7-2)26-24-17)13-22-19(20-8-3)21-10-9-11-25-15(5)12-14(4)23-25/h12H,6-11,13H2,1-5H3,(H2,20,21,22). The second-order valence-corrected chi connectivity index (χ2v) is 6.36. The summed E-state index contributed by atoms with van der Waals surface area (Å²) in [6.07, 6.45) is 2.69. The van der Waals surface area contributed by atoms with E-state index in [0.717, 1.165) is 67.6 Å². The van der Waals surface area contributed by atoms with Crippen LogP contribution >= 0.6 is 0 Å². The Bertz CT molecular complexity index is 694. The summed E-state index contributed by atoms with van der Waals surface area (Å²) in [6.45, 7) is 13.5. The van der Waals surface area contributed by atoms with Crippen molar-refractivity contribution in [3.63, 3.8) is 0 Å². The zero-order chi connectivity index (χ0) is 18.9. The van der Waals surface area contributed by atoms with Crippen LogP contribution in [0.5, 0.6) is 0 Å². The Labute approximate surface area is 156 Å². The van der Waals surface area contributed by atoms with Crippen molar-refractivity contribution in [3.8, 4) is 0 Å². The van der Waals surface area contributed by atoms with E-state index < -0.39 is 0 Å². The number of hydrogen-bond acceptors (Lipinski definition) is 4. The molecule has 0 radical (unpaired) electrons. The molecule has 0 aliphatic rings. The summed E-state index contributed by atoms with van der Waals surface area (Å²) >= 11 is 0. The number of hydrogen-bond donors (Lipinski definition) is 2. The summed E-state index contributed by atoms with van der Waals surface area (Å²) in [5, 5.41) is 15.4. The summed E-state index contributed by atoms with van der Waals surface area (Å²) in [7, 11) is 0. The highest BCUT2D eigenvalue weighted by Gasteiger charge is 2.13. The summed E-state index contributed by atoms with van der Waals surface area (Å²) in [5.41, 5.74) is 4.40. The first-order valence-electron chi connectivity index (χ1n) is 9.58. The van der Waals surface area contributed by atoms with Crippen LogP contribution in [0.3, 0.4) is 0 Å². The minimum Gasteiger partial charge on any atom is -0.361 e. The van der Waals surface area contributed by atoms with Gasteiger partial charge in [-0.25, -0.2) is 4.99 Å². The van der Waals surface area contributed by atoms with Gasteiger partial charge in [0.15, 0.2) is 5.96 Å². The quantitative estimate of drug-likeness (QED) is 0.408. The van der Waals surface area contributed by atoms with Crippen LogP contribution in [0.2, 0.25) is 0 Å². The Morgan fingerprint density at radius 1 is 1.19 bits per heavy atom. The SMILES string of the molecule is CCNC(=NCc1c(CC)noc1CC)NCCCn1nc(C)cc1C. The molecule has 0 bridgehead atoms. The molecule has 0 fully saturated rings. The van der Waals surface area contributed by atoms with Gasteiger partial charge in [-0.3, -0.25) is 4.68 Å². The maximum atomic E-state index is 5.42. The highest BCUT2D eigenvalue weighted by Crippen LogP contribution is 2.16. The summed E-state index contributed by atoms with van der Waals surface area (Å²) in [4.78, 5) is 4.71. The molecule has 0 amide bonds. The number of guanidine groups is 1. The van der Waals surface area contributed by atoms with Gasteiger partial charge in [-0.05, 0) is 39.7 Å². The lowest BCUT2D eigenvalue weighted by Gasteiger charge is -2.12. The topological polar surface area (TPSA) is 80.3 Å². The first-order chi connectivity index (χ1) is 12.6. The minimum absolute atomic E-state index is 0.586. The van der Waals surface area contributed by atoms with Gasteiger partial charge >= 0.3 is 0 Å². The molecule has 0 aliphatic carbocycles. The molecule has 2 rings (SSSR count). The molecule has 2 aromatic rings. The molecule has 0 saturated carbocycles. The Hall–Kier alpha value is -2.31. The summed E-state index contributed by atoms with van der Waals surface area (Å²) in [5.74, 6) is 1.76. The van der Waals surface area contributed by atoms with E-state index in [0.29, 0.717) is 6.54 Å². The third kappa shape index (κ3) is 5.34. The van der Waals surface area contributed by atoms with Gasteiger partial charge in [-0.15, -0.1) is 0 Å². The van der Waals surface area contributed by atoms with Crippen molar-refractivity contribution in [3.05, 3.63) is 34.5 Å². The first-order valence-corrected chi connectivity index (χ1v) is 9.58. The molecule has 0 spiro atoms. The average Bonchev–Trinajstić information content (AvgIpc) is 3.17. The Morgan fingerprint density at radius 3 is 2.62 bits per heavy atom. The molecule has 2 N–H and O–H groups in total. The molecule has 2 aromatic heterocycles. The van der Waals surface area contributed by atoms with Crippen molar-refractivity contribution in [2.24, 2.45) is 4.99 Å². The fraction of sp³-hybridized carbons (Fsp3) is 0.632. The van der Waals surface area contributed by atoms with Crippen molar-refractivity contribution in [2.45, 2.75) is 67.0 Å². The third-order valence-corrected chi connectivity index (χ3v) is 4.29. The van der Waals surface area contributed by atoms with Crippen molar-refractivity contribution in [1.82, 2.24) is 25.6 Å².